The first-order valence-electron chi connectivity index (χ1n) is 8.96. The number of thiazole rings is 1. The lowest BCUT2D eigenvalue weighted by molar-refractivity contribution is 0.787. The maximum absolute atomic E-state index is 4.76. The molecule has 0 spiro atoms. The van der Waals surface area contributed by atoms with Gasteiger partial charge in [-0.05, 0) is 31.9 Å². The van der Waals surface area contributed by atoms with Crippen LogP contribution >= 0.6 is 11.3 Å². The molecule has 0 aliphatic carbocycles. The van der Waals surface area contributed by atoms with Gasteiger partial charge in [-0.25, -0.2) is 9.98 Å². The quantitative estimate of drug-likeness (QED) is 0.588. The van der Waals surface area contributed by atoms with Crippen molar-refractivity contribution in [3.63, 3.8) is 0 Å². The van der Waals surface area contributed by atoms with Crippen LogP contribution in [0.5, 0.6) is 0 Å². The van der Waals surface area contributed by atoms with Gasteiger partial charge in [0.1, 0.15) is 0 Å². The Kier molecular flexibility index (Phi) is 6.62. The number of nitrogens with one attached hydrogen (secondary N) is 2. The Balaban J connectivity index is 1.48. The number of hydrogen-bond acceptors (Lipinski definition) is 5. The Morgan fingerprint density at radius 2 is 2.12 bits per heavy atom. The predicted molar refractivity (Wildman–Crippen MR) is 104 cm³/mol. The third-order valence-electron chi connectivity index (χ3n) is 4.06. The van der Waals surface area contributed by atoms with Crippen molar-refractivity contribution in [1.82, 2.24) is 20.6 Å². The normalized spacial score (nSPS) is 14.8. The highest BCUT2D eigenvalue weighted by atomic mass is 32.1. The number of aromatic nitrogens is 2. The minimum Gasteiger partial charge on any atom is -0.357 e. The van der Waals surface area contributed by atoms with E-state index in [0.717, 1.165) is 49.9 Å². The first-order chi connectivity index (χ1) is 12.3. The summed E-state index contributed by atoms with van der Waals surface area (Å²) in [7, 11) is 0. The van der Waals surface area contributed by atoms with E-state index in [1.54, 1.807) is 17.5 Å². The monoisotopic (exact) mass is 358 g/mol. The summed E-state index contributed by atoms with van der Waals surface area (Å²) in [5.74, 6) is 0.822. The van der Waals surface area contributed by atoms with Gasteiger partial charge in [-0.1, -0.05) is 6.07 Å². The number of guanidine groups is 1. The first kappa shape index (κ1) is 17.7. The molecule has 0 bridgehead atoms. The third kappa shape index (κ3) is 5.42. The third-order valence-corrected chi connectivity index (χ3v) is 5.01. The molecule has 2 aromatic rings. The van der Waals surface area contributed by atoms with Gasteiger partial charge in [-0.15, -0.1) is 11.3 Å². The Morgan fingerprint density at radius 3 is 2.88 bits per heavy atom. The van der Waals surface area contributed by atoms with Crippen LogP contribution in [0, 0.1) is 0 Å². The highest BCUT2D eigenvalue weighted by molar-refractivity contribution is 7.13. The van der Waals surface area contributed by atoms with Crippen molar-refractivity contribution in [3.05, 3.63) is 41.2 Å². The Hall–Kier alpha value is -2.15. The minimum absolute atomic E-state index is 0.575. The van der Waals surface area contributed by atoms with Gasteiger partial charge >= 0.3 is 0 Å². The molecule has 25 heavy (non-hydrogen) atoms. The van der Waals surface area contributed by atoms with Crippen LogP contribution in [0.15, 0.2) is 34.8 Å². The molecule has 1 saturated heterocycles. The van der Waals surface area contributed by atoms with E-state index in [1.165, 1.54) is 18.0 Å². The fourth-order valence-corrected chi connectivity index (χ4v) is 3.68. The maximum Gasteiger partial charge on any atom is 0.191 e. The van der Waals surface area contributed by atoms with Crippen LogP contribution in [0.4, 0.5) is 5.13 Å². The lowest BCUT2D eigenvalue weighted by Gasteiger charge is -2.12. The van der Waals surface area contributed by atoms with Crippen molar-refractivity contribution < 1.29 is 0 Å². The summed E-state index contributed by atoms with van der Waals surface area (Å²) in [4.78, 5) is 16.0. The van der Waals surface area contributed by atoms with Gasteiger partial charge in [0.25, 0.3) is 0 Å². The zero-order valence-corrected chi connectivity index (χ0v) is 15.6. The molecule has 7 heteroatoms. The fourth-order valence-electron chi connectivity index (χ4n) is 2.77. The maximum atomic E-state index is 4.76. The lowest BCUT2D eigenvalue weighted by Crippen LogP contribution is -2.38. The summed E-state index contributed by atoms with van der Waals surface area (Å²) < 4.78 is 0. The average Bonchev–Trinajstić information content (AvgIpc) is 3.32. The summed E-state index contributed by atoms with van der Waals surface area (Å²) in [5.41, 5.74) is 2.12. The van der Waals surface area contributed by atoms with E-state index in [1.807, 2.05) is 18.2 Å². The first-order valence-corrected chi connectivity index (χ1v) is 9.84. The molecule has 0 unspecified atom stereocenters. The summed E-state index contributed by atoms with van der Waals surface area (Å²) in [5, 5.41) is 10.00. The van der Waals surface area contributed by atoms with Crippen molar-refractivity contribution in [2.75, 3.05) is 31.1 Å². The van der Waals surface area contributed by atoms with Gasteiger partial charge in [0, 0.05) is 44.2 Å². The summed E-state index contributed by atoms with van der Waals surface area (Å²) in [6.07, 6.45) is 5.27. The molecular formula is C18H26N6S. The van der Waals surface area contributed by atoms with Crippen molar-refractivity contribution in [2.24, 2.45) is 4.99 Å². The van der Waals surface area contributed by atoms with Crippen LogP contribution in [-0.4, -0.2) is 42.1 Å². The van der Waals surface area contributed by atoms with Crippen LogP contribution in [0.1, 0.15) is 31.2 Å². The van der Waals surface area contributed by atoms with E-state index in [4.69, 9.17) is 4.98 Å². The SMILES string of the molecule is CCNC(=NCc1ccccn1)NCCc1csc(N2CCCC2)n1. The molecule has 1 aliphatic heterocycles. The number of anilines is 1. The van der Waals surface area contributed by atoms with Gasteiger partial charge in [0.15, 0.2) is 11.1 Å². The minimum atomic E-state index is 0.575. The fraction of sp³-hybridized carbons (Fsp3) is 0.500. The van der Waals surface area contributed by atoms with E-state index in [9.17, 15) is 0 Å². The number of hydrogen-bond donors (Lipinski definition) is 2. The predicted octanol–water partition coefficient (Wildman–Crippen LogP) is 2.44. The molecule has 0 amide bonds. The Labute approximate surface area is 153 Å². The molecule has 2 N–H and O–H groups in total. The summed E-state index contributed by atoms with van der Waals surface area (Å²) >= 11 is 1.76. The number of nitrogens with zero attached hydrogens (tertiary/aromatic N) is 4. The smallest absolute Gasteiger partial charge is 0.191 e. The van der Waals surface area contributed by atoms with E-state index in [0.29, 0.717) is 6.54 Å². The van der Waals surface area contributed by atoms with Crippen molar-refractivity contribution in [1.29, 1.82) is 0 Å². The Morgan fingerprint density at radius 1 is 1.24 bits per heavy atom. The molecule has 2 aromatic heterocycles. The molecule has 1 fully saturated rings. The van der Waals surface area contributed by atoms with Crippen molar-refractivity contribution >= 4 is 22.4 Å². The molecule has 3 rings (SSSR count). The average molecular weight is 359 g/mol. The second-order valence-electron chi connectivity index (χ2n) is 6.01. The number of pyridine rings is 1. The second-order valence-corrected chi connectivity index (χ2v) is 6.85. The summed E-state index contributed by atoms with van der Waals surface area (Å²) in [6, 6.07) is 5.89. The van der Waals surface area contributed by atoms with Crippen LogP contribution < -0.4 is 15.5 Å². The van der Waals surface area contributed by atoms with Crippen LogP contribution in [-0.2, 0) is 13.0 Å². The molecule has 0 saturated carbocycles. The molecule has 6 nitrogen and oxygen atoms in total. The van der Waals surface area contributed by atoms with Crippen LogP contribution in [0.2, 0.25) is 0 Å². The van der Waals surface area contributed by atoms with Gasteiger partial charge in [0.2, 0.25) is 0 Å². The standard InChI is InChI=1S/C18H26N6S/c1-2-19-17(22-13-15-7-3-4-9-20-15)21-10-8-16-14-25-18(23-16)24-11-5-6-12-24/h3-4,7,9,14H,2,5-6,8,10-13H2,1H3,(H2,19,21,22). The van der Waals surface area contributed by atoms with E-state index in [-0.39, 0.29) is 0 Å². The topological polar surface area (TPSA) is 65.4 Å². The van der Waals surface area contributed by atoms with Gasteiger partial charge in [0.05, 0.1) is 17.9 Å². The van der Waals surface area contributed by atoms with E-state index < -0.39 is 0 Å². The lowest BCUT2D eigenvalue weighted by atomic mass is 10.3. The van der Waals surface area contributed by atoms with Gasteiger partial charge < -0.3 is 15.5 Å². The van der Waals surface area contributed by atoms with Crippen LogP contribution in [0.3, 0.4) is 0 Å². The zero-order valence-electron chi connectivity index (χ0n) is 14.7. The molecule has 134 valence electrons. The molecule has 0 aromatic carbocycles. The Bertz CT molecular complexity index is 663. The van der Waals surface area contributed by atoms with Crippen molar-refractivity contribution in [3.8, 4) is 0 Å². The van der Waals surface area contributed by atoms with Crippen LogP contribution in [0.25, 0.3) is 0 Å². The molecular weight excluding hydrogens is 332 g/mol. The highest BCUT2D eigenvalue weighted by Gasteiger charge is 2.15. The number of rotatable bonds is 7. The second kappa shape index (κ2) is 9.36. The van der Waals surface area contributed by atoms with E-state index in [2.05, 4.69) is 37.8 Å². The number of aliphatic imine (C=N–C) groups is 1. The zero-order chi connectivity index (χ0) is 17.3. The molecule has 3 heterocycles. The van der Waals surface area contributed by atoms with Crippen molar-refractivity contribution in [2.45, 2.75) is 32.7 Å². The largest absolute Gasteiger partial charge is 0.357 e. The molecule has 0 atom stereocenters. The summed E-state index contributed by atoms with van der Waals surface area (Å²) in [6.45, 7) is 6.60. The van der Waals surface area contributed by atoms with Gasteiger partial charge in [-0.3, -0.25) is 4.98 Å². The van der Waals surface area contributed by atoms with E-state index >= 15 is 0 Å². The highest BCUT2D eigenvalue weighted by Crippen LogP contribution is 2.24. The molecule has 1 aliphatic rings. The van der Waals surface area contributed by atoms with Gasteiger partial charge in [-0.2, -0.15) is 0 Å². The molecule has 0 radical (unpaired) electrons.